The SMILES string of the molecule is CCC1(CC)CC(NC(=O)c2ncccc2N)CCO1. The molecule has 0 spiro atoms. The highest BCUT2D eigenvalue weighted by Gasteiger charge is 2.35. The van der Waals surface area contributed by atoms with E-state index in [1.165, 1.54) is 0 Å². The molecule has 1 aliphatic rings. The van der Waals surface area contributed by atoms with Gasteiger partial charge in [0.25, 0.3) is 5.91 Å². The summed E-state index contributed by atoms with van der Waals surface area (Å²) >= 11 is 0. The smallest absolute Gasteiger partial charge is 0.272 e. The summed E-state index contributed by atoms with van der Waals surface area (Å²) in [5.74, 6) is -0.198. The highest BCUT2D eigenvalue weighted by atomic mass is 16.5. The van der Waals surface area contributed by atoms with Crippen LogP contribution in [0.4, 0.5) is 5.69 Å². The summed E-state index contributed by atoms with van der Waals surface area (Å²) in [6.45, 7) is 4.94. The van der Waals surface area contributed by atoms with Gasteiger partial charge in [0.15, 0.2) is 5.69 Å². The fourth-order valence-electron chi connectivity index (χ4n) is 2.75. The standard InChI is InChI=1S/C15H23N3O2/c1-3-15(4-2)10-11(7-9-20-15)18-14(19)13-12(16)6-5-8-17-13/h5-6,8,11H,3-4,7,9-10,16H2,1-2H3,(H,18,19). The number of amides is 1. The van der Waals surface area contributed by atoms with Gasteiger partial charge < -0.3 is 15.8 Å². The first-order valence-corrected chi connectivity index (χ1v) is 7.25. The molecule has 0 radical (unpaired) electrons. The zero-order valence-electron chi connectivity index (χ0n) is 12.2. The van der Waals surface area contributed by atoms with Crippen LogP contribution in [0.25, 0.3) is 0 Å². The van der Waals surface area contributed by atoms with Crippen LogP contribution in [0, 0.1) is 0 Å². The van der Waals surface area contributed by atoms with E-state index in [2.05, 4.69) is 24.1 Å². The third kappa shape index (κ3) is 3.10. The van der Waals surface area contributed by atoms with Crippen LogP contribution in [-0.2, 0) is 4.74 Å². The van der Waals surface area contributed by atoms with E-state index in [1.807, 2.05) is 0 Å². The molecule has 1 fully saturated rings. The monoisotopic (exact) mass is 277 g/mol. The number of carbonyl (C=O) groups is 1. The van der Waals surface area contributed by atoms with Gasteiger partial charge in [-0.15, -0.1) is 0 Å². The highest BCUT2D eigenvalue weighted by molar-refractivity contribution is 5.97. The molecule has 1 amide bonds. The Morgan fingerprint density at radius 3 is 2.95 bits per heavy atom. The van der Waals surface area contributed by atoms with E-state index in [1.54, 1.807) is 18.3 Å². The largest absolute Gasteiger partial charge is 0.397 e. The zero-order valence-corrected chi connectivity index (χ0v) is 12.2. The van der Waals surface area contributed by atoms with Crippen LogP contribution >= 0.6 is 0 Å². The lowest BCUT2D eigenvalue weighted by atomic mass is 9.86. The van der Waals surface area contributed by atoms with Crippen LogP contribution < -0.4 is 11.1 Å². The number of hydrogen-bond donors (Lipinski definition) is 2. The molecule has 2 heterocycles. The average Bonchev–Trinajstić information content (AvgIpc) is 2.47. The predicted octanol–water partition coefficient (Wildman–Crippen LogP) is 2.13. The van der Waals surface area contributed by atoms with Crippen molar-refractivity contribution in [1.29, 1.82) is 0 Å². The van der Waals surface area contributed by atoms with Gasteiger partial charge in [0.2, 0.25) is 0 Å². The van der Waals surface area contributed by atoms with Crippen molar-refractivity contribution in [1.82, 2.24) is 10.3 Å². The maximum atomic E-state index is 12.2. The van der Waals surface area contributed by atoms with Gasteiger partial charge in [-0.2, -0.15) is 0 Å². The third-order valence-corrected chi connectivity index (χ3v) is 4.17. The van der Waals surface area contributed by atoms with Crippen molar-refractivity contribution in [2.75, 3.05) is 12.3 Å². The zero-order chi connectivity index (χ0) is 14.6. The number of ether oxygens (including phenoxy) is 1. The Balaban J connectivity index is 2.03. The molecular weight excluding hydrogens is 254 g/mol. The lowest BCUT2D eigenvalue weighted by molar-refractivity contribution is -0.0917. The summed E-state index contributed by atoms with van der Waals surface area (Å²) in [6, 6.07) is 3.53. The van der Waals surface area contributed by atoms with Crippen molar-refractivity contribution in [2.45, 2.75) is 51.2 Å². The van der Waals surface area contributed by atoms with Gasteiger partial charge in [-0.25, -0.2) is 4.98 Å². The van der Waals surface area contributed by atoms with E-state index in [0.717, 1.165) is 25.7 Å². The second-order valence-corrected chi connectivity index (χ2v) is 5.34. The van der Waals surface area contributed by atoms with E-state index in [0.29, 0.717) is 18.0 Å². The molecule has 1 saturated heterocycles. The number of hydrogen-bond acceptors (Lipinski definition) is 4. The van der Waals surface area contributed by atoms with Crippen LogP contribution in [0.3, 0.4) is 0 Å². The Morgan fingerprint density at radius 2 is 2.30 bits per heavy atom. The number of anilines is 1. The molecule has 1 aromatic rings. The van der Waals surface area contributed by atoms with Crippen molar-refractivity contribution in [2.24, 2.45) is 0 Å². The van der Waals surface area contributed by atoms with Gasteiger partial charge >= 0.3 is 0 Å². The molecule has 20 heavy (non-hydrogen) atoms. The fourth-order valence-corrected chi connectivity index (χ4v) is 2.75. The molecule has 1 aromatic heterocycles. The first kappa shape index (κ1) is 14.8. The lowest BCUT2D eigenvalue weighted by Gasteiger charge is -2.40. The topological polar surface area (TPSA) is 77.2 Å². The molecule has 110 valence electrons. The number of rotatable bonds is 4. The van der Waals surface area contributed by atoms with Crippen molar-refractivity contribution >= 4 is 11.6 Å². The number of nitrogens with two attached hydrogens (primary N) is 1. The molecular formula is C15H23N3O2. The molecule has 0 saturated carbocycles. The van der Waals surface area contributed by atoms with Crippen molar-refractivity contribution < 1.29 is 9.53 Å². The van der Waals surface area contributed by atoms with Gasteiger partial charge in [0, 0.05) is 18.8 Å². The molecule has 2 rings (SSSR count). The maximum Gasteiger partial charge on any atom is 0.272 e. The summed E-state index contributed by atoms with van der Waals surface area (Å²) in [4.78, 5) is 16.3. The van der Waals surface area contributed by atoms with Crippen LogP contribution in [0.1, 0.15) is 50.0 Å². The number of aromatic nitrogens is 1. The Hall–Kier alpha value is -1.62. The summed E-state index contributed by atoms with van der Waals surface area (Å²) in [7, 11) is 0. The molecule has 5 heteroatoms. The molecule has 1 unspecified atom stereocenters. The molecule has 0 bridgehead atoms. The van der Waals surface area contributed by atoms with Crippen LogP contribution in [0.15, 0.2) is 18.3 Å². The van der Waals surface area contributed by atoms with E-state index in [4.69, 9.17) is 10.5 Å². The first-order valence-electron chi connectivity index (χ1n) is 7.25. The lowest BCUT2D eigenvalue weighted by Crippen LogP contribution is -2.48. The van der Waals surface area contributed by atoms with Gasteiger partial charge in [-0.05, 0) is 37.8 Å². The van der Waals surface area contributed by atoms with Crippen LogP contribution in [0.2, 0.25) is 0 Å². The number of carbonyl (C=O) groups excluding carboxylic acids is 1. The summed E-state index contributed by atoms with van der Waals surface area (Å²) in [5, 5.41) is 3.04. The molecule has 0 aliphatic carbocycles. The fraction of sp³-hybridized carbons (Fsp3) is 0.600. The molecule has 5 nitrogen and oxygen atoms in total. The average molecular weight is 277 g/mol. The normalized spacial score (nSPS) is 21.4. The molecule has 3 N–H and O–H groups in total. The van der Waals surface area contributed by atoms with E-state index in [9.17, 15) is 4.79 Å². The quantitative estimate of drug-likeness (QED) is 0.884. The van der Waals surface area contributed by atoms with Crippen LogP contribution in [-0.4, -0.2) is 29.1 Å². The second kappa shape index (κ2) is 6.22. The Labute approximate surface area is 119 Å². The van der Waals surface area contributed by atoms with Gasteiger partial charge in [0.05, 0.1) is 11.3 Å². The van der Waals surface area contributed by atoms with E-state index >= 15 is 0 Å². The van der Waals surface area contributed by atoms with Gasteiger partial charge in [-0.3, -0.25) is 4.79 Å². The first-order chi connectivity index (χ1) is 9.60. The maximum absolute atomic E-state index is 12.2. The van der Waals surface area contributed by atoms with E-state index in [-0.39, 0.29) is 17.6 Å². The second-order valence-electron chi connectivity index (χ2n) is 5.34. The number of pyridine rings is 1. The Kier molecular flexibility index (Phi) is 4.60. The van der Waals surface area contributed by atoms with Gasteiger partial charge in [-0.1, -0.05) is 13.8 Å². The Morgan fingerprint density at radius 1 is 1.55 bits per heavy atom. The van der Waals surface area contributed by atoms with Crippen molar-refractivity contribution in [3.63, 3.8) is 0 Å². The third-order valence-electron chi connectivity index (χ3n) is 4.17. The summed E-state index contributed by atoms with van der Waals surface area (Å²) < 4.78 is 5.91. The summed E-state index contributed by atoms with van der Waals surface area (Å²) in [6.07, 6.45) is 5.18. The minimum atomic E-state index is -0.198. The molecule has 1 aliphatic heterocycles. The number of nitrogens with zero attached hydrogens (tertiary/aromatic N) is 1. The number of nitrogens with one attached hydrogen (secondary N) is 1. The van der Waals surface area contributed by atoms with Crippen molar-refractivity contribution in [3.05, 3.63) is 24.0 Å². The van der Waals surface area contributed by atoms with Crippen LogP contribution in [0.5, 0.6) is 0 Å². The summed E-state index contributed by atoms with van der Waals surface area (Å²) in [5.41, 5.74) is 6.39. The number of nitrogen functional groups attached to an aromatic ring is 1. The molecule has 0 aromatic carbocycles. The minimum Gasteiger partial charge on any atom is -0.397 e. The van der Waals surface area contributed by atoms with E-state index < -0.39 is 0 Å². The highest BCUT2D eigenvalue weighted by Crippen LogP contribution is 2.31. The Bertz CT molecular complexity index is 472. The van der Waals surface area contributed by atoms with Crippen molar-refractivity contribution in [3.8, 4) is 0 Å². The van der Waals surface area contributed by atoms with Gasteiger partial charge in [0.1, 0.15) is 0 Å². The molecule has 1 atom stereocenters. The predicted molar refractivity (Wildman–Crippen MR) is 78.4 cm³/mol. The minimum absolute atomic E-state index is 0.105.